The number of methoxy groups -OCH3 is 1. The van der Waals surface area contributed by atoms with E-state index in [0.717, 1.165) is 42.5 Å². The van der Waals surface area contributed by atoms with Crippen molar-refractivity contribution in [3.05, 3.63) is 81.7 Å². The smallest absolute Gasteiger partial charge is 0.349 e. The minimum Gasteiger partial charge on any atom is -0.497 e. The van der Waals surface area contributed by atoms with Crippen LogP contribution in [-0.4, -0.2) is 33.2 Å². The number of thioether (sulfide) groups is 1. The van der Waals surface area contributed by atoms with E-state index in [1.54, 1.807) is 48.3 Å². The molecule has 0 atom stereocenters. The van der Waals surface area contributed by atoms with E-state index in [1.807, 2.05) is 12.1 Å². The van der Waals surface area contributed by atoms with Gasteiger partial charge in [-0.3, -0.25) is 14.3 Å². The van der Waals surface area contributed by atoms with Gasteiger partial charge in [0.25, 0.3) is 0 Å². The number of rotatable bonds is 7. The summed E-state index contributed by atoms with van der Waals surface area (Å²) in [5.41, 5.74) is 3.56. The van der Waals surface area contributed by atoms with Crippen molar-refractivity contribution >= 4 is 17.5 Å². The molecule has 7 heteroatoms. The molecule has 0 spiro atoms. The Hall–Kier alpha value is -2.93. The number of hydrogen-bond donors (Lipinski definition) is 0. The Morgan fingerprint density at radius 2 is 1.83 bits per heavy atom. The maximum absolute atomic E-state index is 12.8. The van der Waals surface area contributed by atoms with Gasteiger partial charge in [-0.15, -0.1) is 0 Å². The standard InChI is InChI=1S/C23H23N3O3S/c1-29-18-8-6-17(7-9-18)21(27)15-30-22-19-4-2-3-5-20(19)26(23(28)25-22)14-16-10-12-24-13-11-16/h6-13H,2-5,14-15H2,1H3. The first-order valence-electron chi connectivity index (χ1n) is 9.97. The molecule has 0 bridgehead atoms. The second-order valence-electron chi connectivity index (χ2n) is 7.21. The molecular weight excluding hydrogens is 398 g/mol. The highest BCUT2D eigenvalue weighted by atomic mass is 32.2. The molecule has 1 aliphatic rings. The van der Waals surface area contributed by atoms with Crippen LogP contribution in [0.2, 0.25) is 0 Å². The Labute approximate surface area is 179 Å². The van der Waals surface area contributed by atoms with Crippen LogP contribution in [0.15, 0.2) is 58.6 Å². The van der Waals surface area contributed by atoms with E-state index in [1.165, 1.54) is 11.8 Å². The third kappa shape index (κ3) is 4.46. The lowest BCUT2D eigenvalue weighted by Crippen LogP contribution is -2.30. The summed E-state index contributed by atoms with van der Waals surface area (Å²) >= 11 is 1.36. The number of carbonyl (C=O) groups excluding carboxylic acids is 1. The topological polar surface area (TPSA) is 74.1 Å². The Kier molecular flexibility index (Phi) is 6.28. The highest BCUT2D eigenvalue weighted by Gasteiger charge is 2.21. The molecule has 1 aromatic carbocycles. The van der Waals surface area contributed by atoms with Crippen LogP contribution in [0.1, 0.15) is 40.0 Å². The summed E-state index contributed by atoms with van der Waals surface area (Å²) in [5, 5.41) is 0.697. The van der Waals surface area contributed by atoms with Gasteiger partial charge in [0.2, 0.25) is 0 Å². The van der Waals surface area contributed by atoms with Crippen LogP contribution in [0.3, 0.4) is 0 Å². The molecule has 0 amide bonds. The van der Waals surface area contributed by atoms with Crippen LogP contribution in [0.25, 0.3) is 0 Å². The van der Waals surface area contributed by atoms with Crippen molar-refractivity contribution in [2.24, 2.45) is 0 Å². The molecule has 0 radical (unpaired) electrons. The first kappa shape index (κ1) is 20.3. The van der Waals surface area contributed by atoms with Gasteiger partial charge < -0.3 is 4.74 Å². The number of ketones is 1. The monoisotopic (exact) mass is 421 g/mol. The molecule has 1 aliphatic carbocycles. The second-order valence-corrected chi connectivity index (χ2v) is 8.18. The zero-order chi connectivity index (χ0) is 20.9. The third-order valence-electron chi connectivity index (χ3n) is 5.29. The SMILES string of the molecule is COc1ccc(C(=O)CSc2nc(=O)n(Cc3ccncc3)c3c2CCCC3)cc1. The lowest BCUT2D eigenvalue weighted by Gasteiger charge is -2.22. The maximum Gasteiger partial charge on any atom is 0.349 e. The van der Waals surface area contributed by atoms with Gasteiger partial charge in [0, 0.05) is 29.2 Å². The molecular formula is C23H23N3O3S. The lowest BCUT2D eigenvalue weighted by molar-refractivity contribution is 0.102. The quantitative estimate of drug-likeness (QED) is 0.330. The number of pyridine rings is 1. The number of ether oxygens (including phenoxy) is 1. The molecule has 6 nitrogen and oxygen atoms in total. The Balaban J connectivity index is 1.57. The van der Waals surface area contributed by atoms with Gasteiger partial charge >= 0.3 is 5.69 Å². The molecule has 0 N–H and O–H groups in total. The van der Waals surface area contributed by atoms with Gasteiger partial charge in [0.05, 0.1) is 19.4 Å². The summed E-state index contributed by atoms with van der Waals surface area (Å²) < 4.78 is 6.92. The highest BCUT2D eigenvalue weighted by molar-refractivity contribution is 8.00. The van der Waals surface area contributed by atoms with Crippen molar-refractivity contribution in [2.75, 3.05) is 12.9 Å². The van der Waals surface area contributed by atoms with Gasteiger partial charge in [-0.05, 0) is 67.6 Å². The average Bonchev–Trinajstić information content (AvgIpc) is 2.80. The molecule has 3 aromatic rings. The summed E-state index contributed by atoms with van der Waals surface area (Å²) in [6.45, 7) is 0.492. The van der Waals surface area contributed by atoms with E-state index < -0.39 is 0 Å². The number of benzene rings is 1. The molecule has 0 aliphatic heterocycles. The van der Waals surface area contributed by atoms with Gasteiger partial charge in [-0.25, -0.2) is 4.79 Å². The van der Waals surface area contributed by atoms with Gasteiger partial charge in [-0.2, -0.15) is 4.98 Å². The molecule has 2 heterocycles. The first-order valence-corrected chi connectivity index (χ1v) is 11.0. The van der Waals surface area contributed by atoms with Crippen molar-refractivity contribution in [2.45, 2.75) is 37.3 Å². The third-order valence-corrected chi connectivity index (χ3v) is 6.31. The van der Waals surface area contributed by atoms with Crippen LogP contribution in [0.4, 0.5) is 0 Å². The normalized spacial score (nSPS) is 13.0. The predicted molar refractivity (Wildman–Crippen MR) is 117 cm³/mol. The molecule has 0 saturated heterocycles. The number of hydrogen-bond acceptors (Lipinski definition) is 6. The molecule has 2 aromatic heterocycles. The van der Waals surface area contributed by atoms with Crippen LogP contribution in [0, 0.1) is 0 Å². The lowest BCUT2D eigenvalue weighted by atomic mass is 9.97. The minimum atomic E-state index is -0.258. The van der Waals surface area contributed by atoms with E-state index in [9.17, 15) is 9.59 Å². The fourth-order valence-electron chi connectivity index (χ4n) is 3.70. The van der Waals surface area contributed by atoms with E-state index in [4.69, 9.17) is 4.74 Å². The van der Waals surface area contributed by atoms with Crippen molar-refractivity contribution in [3.63, 3.8) is 0 Å². The summed E-state index contributed by atoms with van der Waals surface area (Å²) in [5.74, 6) is 0.974. The first-order chi connectivity index (χ1) is 14.7. The van der Waals surface area contributed by atoms with Gasteiger partial charge in [-0.1, -0.05) is 11.8 Å². The van der Waals surface area contributed by atoms with Crippen molar-refractivity contribution in [1.29, 1.82) is 0 Å². The van der Waals surface area contributed by atoms with Crippen LogP contribution >= 0.6 is 11.8 Å². The number of Topliss-reactive ketones (excluding diaryl/α,β-unsaturated/α-hetero) is 1. The fourth-order valence-corrected chi connectivity index (χ4v) is 4.67. The Morgan fingerprint density at radius 3 is 2.57 bits per heavy atom. The van der Waals surface area contributed by atoms with Crippen molar-refractivity contribution < 1.29 is 9.53 Å². The van der Waals surface area contributed by atoms with Crippen LogP contribution < -0.4 is 10.4 Å². The van der Waals surface area contributed by atoms with Gasteiger partial charge in [0.1, 0.15) is 10.8 Å². The number of fused-ring (bicyclic) bond motifs is 1. The largest absolute Gasteiger partial charge is 0.497 e. The van der Waals surface area contributed by atoms with E-state index in [-0.39, 0.29) is 17.2 Å². The van der Waals surface area contributed by atoms with Crippen molar-refractivity contribution in [1.82, 2.24) is 14.5 Å². The van der Waals surface area contributed by atoms with E-state index in [2.05, 4.69) is 9.97 Å². The molecule has 0 unspecified atom stereocenters. The van der Waals surface area contributed by atoms with E-state index >= 15 is 0 Å². The number of nitrogens with zero attached hydrogens (tertiary/aromatic N) is 3. The fraction of sp³-hybridized carbons (Fsp3) is 0.304. The zero-order valence-corrected chi connectivity index (χ0v) is 17.7. The number of aromatic nitrogens is 3. The summed E-state index contributed by atoms with van der Waals surface area (Å²) in [6, 6.07) is 10.9. The summed E-state index contributed by atoms with van der Waals surface area (Å²) in [7, 11) is 1.60. The average molecular weight is 422 g/mol. The summed E-state index contributed by atoms with van der Waals surface area (Å²) in [4.78, 5) is 33.8. The Bertz CT molecular complexity index is 1100. The number of carbonyl (C=O) groups is 1. The molecule has 4 rings (SSSR count). The molecule has 154 valence electrons. The zero-order valence-electron chi connectivity index (χ0n) is 16.8. The molecule has 0 fully saturated rings. The van der Waals surface area contributed by atoms with Gasteiger partial charge in [0.15, 0.2) is 5.78 Å². The molecule has 0 saturated carbocycles. The molecule has 30 heavy (non-hydrogen) atoms. The highest BCUT2D eigenvalue weighted by Crippen LogP contribution is 2.29. The predicted octanol–water partition coefficient (Wildman–Crippen LogP) is 3.55. The maximum atomic E-state index is 12.8. The minimum absolute atomic E-state index is 0.00924. The Morgan fingerprint density at radius 1 is 1.10 bits per heavy atom. The van der Waals surface area contributed by atoms with Crippen LogP contribution in [-0.2, 0) is 19.4 Å². The van der Waals surface area contributed by atoms with Crippen molar-refractivity contribution in [3.8, 4) is 5.75 Å². The second kappa shape index (κ2) is 9.26. The van der Waals surface area contributed by atoms with E-state index in [0.29, 0.717) is 22.9 Å². The van der Waals surface area contributed by atoms with Crippen LogP contribution in [0.5, 0.6) is 5.75 Å². The summed E-state index contributed by atoms with van der Waals surface area (Å²) in [6.07, 6.45) is 7.34.